The van der Waals surface area contributed by atoms with Gasteiger partial charge in [0.05, 0.1) is 18.1 Å². The summed E-state index contributed by atoms with van der Waals surface area (Å²) in [5.74, 6) is -1.92. The number of phenolic OH excluding ortho intramolecular Hbond substituents is 1. The molecule has 1 aromatic rings. The molecule has 1 aromatic carbocycles. The first kappa shape index (κ1) is 17.3. The van der Waals surface area contributed by atoms with Crippen LogP contribution in [0.3, 0.4) is 0 Å². The van der Waals surface area contributed by atoms with Gasteiger partial charge < -0.3 is 9.84 Å². The number of non-ortho nitro benzene ring substituents is 1. The smallest absolute Gasteiger partial charge is 0.274 e. The van der Waals surface area contributed by atoms with Crippen LogP contribution in [0, 0.1) is 10.1 Å². The Morgan fingerprint density at radius 2 is 1.79 bits per heavy atom. The van der Waals surface area contributed by atoms with E-state index >= 15 is 0 Å². The van der Waals surface area contributed by atoms with Gasteiger partial charge in [-0.1, -0.05) is 0 Å². The third kappa shape index (κ3) is 2.78. The molecule has 0 unspecified atom stereocenters. The summed E-state index contributed by atoms with van der Waals surface area (Å²) in [7, 11) is 4.03. The molecule has 1 fully saturated rings. The summed E-state index contributed by atoms with van der Waals surface area (Å²) in [5, 5.41) is 21.1. The molecule has 1 aliphatic rings. The van der Waals surface area contributed by atoms with Gasteiger partial charge in [0.1, 0.15) is 5.57 Å². The standard InChI is InChI=1S/C14H13N3O6S/c1-15-12(19)9(13(20)16(2)14(15)24)5-7-4-8(17(21)22)6-10(23-3)11(7)18/h4-6,18H,1-3H3. The maximum atomic E-state index is 12.3. The molecular formula is C14H13N3O6S. The number of carbonyl (C=O) groups is 2. The number of hydrogen-bond donors (Lipinski definition) is 1. The van der Waals surface area contributed by atoms with Gasteiger partial charge in [0, 0.05) is 25.7 Å². The summed E-state index contributed by atoms with van der Waals surface area (Å²) in [6.45, 7) is 0. The number of amides is 2. The molecule has 1 N–H and O–H groups in total. The van der Waals surface area contributed by atoms with Crippen molar-refractivity contribution < 1.29 is 24.4 Å². The van der Waals surface area contributed by atoms with Crippen LogP contribution in [0.4, 0.5) is 5.69 Å². The number of phenols is 1. The first-order chi connectivity index (χ1) is 11.2. The number of likely N-dealkylation sites (N-methyl/N-ethyl adjacent to an activating group) is 2. The van der Waals surface area contributed by atoms with Gasteiger partial charge in [0.2, 0.25) is 0 Å². The average Bonchev–Trinajstić information content (AvgIpc) is 2.56. The van der Waals surface area contributed by atoms with Crippen molar-refractivity contribution in [2.75, 3.05) is 21.2 Å². The summed E-state index contributed by atoms with van der Waals surface area (Å²) in [6, 6.07) is 2.08. The Morgan fingerprint density at radius 3 is 2.25 bits per heavy atom. The number of carbonyl (C=O) groups excluding carboxylic acids is 2. The van der Waals surface area contributed by atoms with Crippen molar-refractivity contribution in [3.05, 3.63) is 33.4 Å². The van der Waals surface area contributed by atoms with Gasteiger partial charge >= 0.3 is 0 Å². The Balaban J connectivity index is 2.63. The highest BCUT2D eigenvalue weighted by molar-refractivity contribution is 7.80. The number of aromatic hydroxyl groups is 1. The Morgan fingerprint density at radius 1 is 1.25 bits per heavy atom. The minimum Gasteiger partial charge on any atom is -0.504 e. The van der Waals surface area contributed by atoms with Crippen molar-refractivity contribution in [3.63, 3.8) is 0 Å². The van der Waals surface area contributed by atoms with E-state index in [1.807, 2.05) is 0 Å². The Hall–Kier alpha value is -3.01. The normalized spacial score (nSPS) is 15.0. The molecule has 1 aliphatic heterocycles. The van der Waals surface area contributed by atoms with E-state index in [9.17, 15) is 24.8 Å². The minimum atomic E-state index is -0.679. The molecule has 1 heterocycles. The third-order valence-electron chi connectivity index (χ3n) is 3.46. The molecule has 0 aliphatic carbocycles. The highest BCUT2D eigenvalue weighted by atomic mass is 32.1. The second-order valence-electron chi connectivity index (χ2n) is 4.91. The van der Waals surface area contributed by atoms with Gasteiger partial charge in [0.25, 0.3) is 17.5 Å². The first-order valence-corrected chi connectivity index (χ1v) is 6.97. The molecule has 24 heavy (non-hydrogen) atoms. The molecular weight excluding hydrogens is 338 g/mol. The second kappa shape index (κ2) is 6.24. The number of nitrogens with zero attached hydrogens (tertiary/aromatic N) is 3. The number of nitro groups is 1. The van der Waals surface area contributed by atoms with E-state index in [1.165, 1.54) is 21.2 Å². The topological polar surface area (TPSA) is 113 Å². The quantitative estimate of drug-likeness (QED) is 0.283. The van der Waals surface area contributed by atoms with E-state index in [0.717, 1.165) is 28.0 Å². The van der Waals surface area contributed by atoms with Gasteiger partial charge in [-0.3, -0.25) is 29.5 Å². The zero-order chi connectivity index (χ0) is 18.2. The molecule has 0 aromatic heterocycles. The first-order valence-electron chi connectivity index (χ1n) is 6.56. The van der Waals surface area contributed by atoms with Crippen LogP contribution >= 0.6 is 12.2 Å². The van der Waals surface area contributed by atoms with Crippen molar-refractivity contribution >= 4 is 40.9 Å². The molecule has 0 atom stereocenters. The zero-order valence-electron chi connectivity index (χ0n) is 13.0. The number of benzene rings is 1. The second-order valence-corrected chi connectivity index (χ2v) is 5.28. The fraction of sp³-hybridized carbons (Fsp3) is 0.214. The van der Waals surface area contributed by atoms with E-state index < -0.39 is 22.5 Å². The van der Waals surface area contributed by atoms with Gasteiger partial charge in [0.15, 0.2) is 16.6 Å². The lowest BCUT2D eigenvalue weighted by molar-refractivity contribution is -0.385. The monoisotopic (exact) mass is 351 g/mol. The highest BCUT2D eigenvalue weighted by Crippen LogP contribution is 2.36. The molecule has 0 bridgehead atoms. The van der Waals surface area contributed by atoms with Gasteiger partial charge in [-0.2, -0.15) is 0 Å². The van der Waals surface area contributed by atoms with Crippen molar-refractivity contribution in [2.24, 2.45) is 0 Å². The number of hydrogen-bond acceptors (Lipinski definition) is 7. The Kier molecular flexibility index (Phi) is 4.51. The summed E-state index contributed by atoms with van der Waals surface area (Å²) < 4.78 is 4.88. The van der Waals surface area contributed by atoms with Crippen molar-refractivity contribution in [1.82, 2.24) is 9.80 Å². The van der Waals surface area contributed by atoms with Gasteiger partial charge in [-0.25, -0.2) is 0 Å². The fourth-order valence-electron chi connectivity index (χ4n) is 2.12. The number of methoxy groups -OCH3 is 1. The predicted molar refractivity (Wildman–Crippen MR) is 87.4 cm³/mol. The number of ether oxygens (including phenoxy) is 1. The van der Waals surface area contributed by atoms with Crippen molar-refractivity contribution in [3.8, 4) is 11.5 Å². The van der Waals surface area contributed by atoms with Gasteiger partial charge in [-0.05, 0) is 18.3 Å². The number of rotatable bonds is 3. The van der Waals surface area contributed by atoms with Crippen LogP contribution in [0.15, 0.2) is 17.7 Å². The van der Waals surface area contributed by atoms with Crippen LogP contribution in [0.5, 0.6) is 11.5 Å². The van der Waals surface area contributed by atoms with Crippen molar-refractivity contribution in [1.29, 1.82) is 0 Å². The largest absolute Gasteiger partial charge is 0.504 e. The van der Waals surface area contributed by atoms with E-state index in [1.54, 1.807) is 0 Å². The molecule has 126 valence electrons. The third-order valence-corrected chi connectivity index (χ3v) is 4.01. The molecule has 1 saturated heterocycles. The van der Waals surface area contributed by atoms with E-state index in [0.29, 0.717) is 0 Å². The van der Waals surface area contributed by atoms with Crippen LogP contribution in [0.1, 0.15) is 5.56 Å². The SMILES string of the molecule is COc1cc([N+](=O)[O-])cc(C=C2C(=O)N(C)C(=S)N(C)C2=O)c1O. The lowest BCUT2D eigenvalue weighted by Crippen LogP contribution is -2.52. The molecule has 0 radical (unpaired) electrons. The van der Waals surface area contributed by atoms with Crippen molar-refractivity contribution in [2.45, 2.75) is 0 Å². The summed E-state index contributed by atoms with van der Waals surface area (Å²) in [5.41, 5.74) is -0.733. The molecule has 0 spiro atoms. The maximum absolute atomic E-state index is 12.3. The lowest BCUT2D eigenvalue weighted by Gasteiger charge is -2.31. The molecule has 0 saturated carbocycles. The number of nitro benzene ring substituents is 1. The summed E-state index contributed by atoms with van der Waals surface area (Å²) in [4.78, 5) is 37.0. The minimum absolute atomic E-state index is 0.0306. The average molecular weight is 351 g/mol. The Bertz CT molecular complexity index is 778. The molecule has 9 nitrogen and oxygen atoms in total. The molecule has 2 amide bonds. The predicted octanol–water partition coefficient (Wildman–Crippen LogP) is 0.908. The van der Waals surface area contributed by atoms with Gasteiger partial charge in [-0.15, -0.1) is 0 Å². The summed E-state index contributed by atoms with van der Waals surface area (Å²) in [6.07, 6.45) is 1.07. The van der Waals surface area contributed by atoms with Crippen LogP contribution in [0.25, 0.3) is 6.08 Å². The van der Waals surface area contributed by atoms with Crippen LogP contribution in [0.2, 0.25) is 0 Å². The molecule has 2 rings (SSSR count). The lowest BCUT2D eigenvalue weighted by atomic mass is 10.1. The van der Waals surface area contributed by atoms with E-state index in [4.69, 9.17) is 17.0 Å². The number of thiocarbonyl (C=S) groups is 1. The molecule has 10 heteroatoms. The highest BCUT2D eigenvalue weighted by Gasteiger charge is 2.35. The maximum Gasteiger partial charge on any atom is 0.274 e. The van der Waals surface area contributed by atoms with Crippen LogP contribution < -0.4 is 4.74 Å². The van der Waals surface area contributed by atoms with Crippen LogP contribution in [-0.2, 0) is 9.59 Å². The van der Waals surface area contributed by atoms with E-state index in [-0.39, 0.29) is 27.7 Å². The van der Waals surface area contributed by atoms with Crippen LogP contribution in [-0.4, -0.2) is 58.0 Å². The van der Waals surface area contributed by atoms with E-state index in [2.05, 4.69) is 0 Å². The zero-order valence-corrected chi connectivity index (χ0v) is 13.8. The summed E-state index contributed by atoms with van der Waals surface area (Å²) >= 11 is 4.97. The Labute approximate surface area is 141 Å². The fourth-order valence-corrected chi connectivity index (χ4v) is 2.28.